The predicted molar refractivity (Wildman–Crippen MR) is 104 cm³/mol. The summed E-state index contributed by atoms with van der Waals surface area (Å²) < 4.78 is 0. The minimum absolute atomic E-state index is 0.124. The quantitative estimate of drug-likeness (QED) is 0.597. The van der Waals surface area contributed by atoms with Gasteiger partial charge in [0.2, 0.25) is 0 Å². The zero-order valence-corrected chi connectivity index (χ0v) is 15.2. The molecule has 3 aromatic rings. The van der Waals surface area contributed by atoms with E-state index in [9.17, 15) is 9.90 Å². The summed E-state index contributed by atoms with van der Waals surface area (Å²) in [6, 6.07) is 8.98. The van der Waals surface area contributed by atoms with E-state index in [1.807, 2.05) is 6.07 Å². The van der Waals surface area contributed by atoms with E-state index in [-0.39, 0.29) is 11.5 Å². The third-order valence-electron chi connectivity index (χ3n) is 5.56. The summed E-state index contributed by atoms with van der Waals surface area (Å²) in [6.07, 6.45) is 7.45. The van der Waals surface area contributed by atoms with Crippen molar-refractivity contribution in [2.45, 2.75) is 44.6 Å². The molecule has 0 amide bonds. The minimum atomic E-state index is 0.124. The molecule has 27 heavy (non-hydrogen) atoms. The molecule has 6 heteroatoms. The molecule has 2 aromatic heterocycles. The molecular formula is C21H24N4O2. The summed E-state index contributed by atoms with van der Waals surface area (Å²) in [5.41, 5.74) is 8.78. The number of hydrogen-bond acceptors (Lipinski definition) is 5. The molecule has 0 aliphatic heterocycles. The molecule has 1 saturated carbocycles. The Balaban J connectivity index is 1.57. The van der Waals surface area contributed by atoms with Crippen LogP contribution in [0, 0.1) is 5.92 Å². The van der Waals surface area contributed by atoms with Crippen LogP contribution in [0.25, 0.3) is 22.3 Å². The van der Waals surface area contributed by atoms with Crippen molar-refractivity contribution >= 4 is 16.8 Å². The van der Waals surface area contributed by atoms with Gasteiger partial charge in [0.25, 0.3) is 0 Å². The molecular weight excluding hydrogens is 340 g/mol. The number of phenols is 1. The SMILES string of the molecule is NC1CCC(CCC(=O)c2cc(-c3ccc(O)cc3)nc3[nH]ncc23)CC1. The van der Waals surface area contributed by atoms with Crippen molar-refractivity contribution < 1.29 is 9.90 Å². The van der Waals surface area contributed by atoms with Gasteiger partial charge in [-0.05, 0) is 68.4 Å². The van der Waals surface area contributed by atoms with Crippen molar-refractivity contribution in [3.05, 3.63) is 42.1 Å². The highest BCUT2D eigenvalue weighted by molar-refractivity contribution is 6.07. The second-order valence-electron chi connectivity index (χ2n) is 7.48. The van der Waals surface area contributed by atoms with E-state index in [1.165, 1.54) is 0 Å². The lowest BCUT2D eigenvalue weighted by molar-refractivity contribution is 0.0971. The second kappa shape index (κ2) is 7.48. The third kappa shape index (κ3) is 3.85. The Kier molecular flexibility index (Phi) is 4.90. The van der Waals surface area contributed by atoms with Crippen LogP contribution >= 0.6 is 0 Å². The number of carbonyl (C=O) groups excluding carboxylic acids is 1. The molecule has 4 N–H and O–H groups in total. The average Bonchev–Trinajstić information content (AvgIpc) is 3.16. The molecule has 0 bridgehead atoms. The first-order chi connectivity index (χ1) is 13.1. The van der Waals surface area contributed by atoms with Crippen LogP contribution in [0.4, 0.5) is 0 Å². The number of nitrogens with zero attached hydrogens (tertiary/aromatic N) is 2. The summed E-state index contributed by atoms with van der Waals surface area (Å²) >= 11 is 0. The number of pyridine rings is 1. The Labute approximate surface area is 157 Å². The third-order valence-corrected chi connectivity index (χ3v) is 5.56. The van der Waals surface area contributed by atoms with Crippen molar-refractivity contribution in [3.8, 4) is 17.0 Å². The number of carbonyl (C=O) groups is 1. The molecule has 0 unspecified atom stereocenters. The Morgan fingerprint density at radius 2 is 1.93 bits per heavy atom. The molecule has 6 nitrogen and oxygen atoms in total. The number of nitrogens with two attached hydrogens (primary N) is 1. The smallest absolute Gasteiger partial charge is 0.163 e. The van der Waals surface area contributed by atoms with E-state index in [0.717, 1.165) is 43.1 Å². The summed E-state index contributed by atoms with van der Waals surface area (Å²) in [4.78, 5) is 17.5. The first kappa shape index (κ1) is 17.7. The van der Waals surface area contributed by atoms with Gasteiger partial charge in [0, 0.05) is 29.0 Å². The van der Waals surface area contributed by atoms with Gasteiger partial charge in [-0.25, -0.2) is 4.98 Å². The average molecular weight is 364 g/mol. The van der Waals surface area contributed by atoms with Crippen LogP contribution in [0.1, 0.15) is 48.9 Å². The van der Waals surface area contributed by atoms with Gasteiger partial charge < -0.3 is 10.8 Å². The summed E-state index contributed by atoms with van der Waals surface area (Å²) in [5.74, 6) is 0.913. The normalized spacial score (nSPS) is 20.0. The minimum Gasteiger partial charge on any atom is -0.508 e. The van der Waals surface area contributed by atoms with Crippen LogP contribution in [0.3, 0.4) is 0 Å². The number of phenolic OH excluding ortho intramolecular Hbond substituents is 1. The van der Waals surface area contributed by atoms with Crippen molar-refractivity contribution in [1.29, 1.82) is 0 Å². The highest BCUT2D eigenvalue weighted by atomic mass is 16.3. The summed E-state index contributed by atoms with van der Waals surface area (Å²) in [6.45, 7) is 0. The van der Waals surface area contributed by atoms with Gasteiger partial charge >= 0.3 is 0 Å². The topological polar surface area (TPSA) is 105 Å². The van der Waals surface area contributed by atoms with E-state index in [0.29, 0.717) is 35.3 Å². The number of aromatic nitrogens is 3. The number of hydrogen-bond donors (Lipinski definition) is 3. The van der Waals surface area contributed by atoms with Crippen LogP contribution in [-0.4, -0.2) is 32.1 Å². The number of H-pyrrole nitrogens is 1. The van der Waals surface area contributed by atoms with Crippen LogP contribution in [0.5, 0.6) is 5.75 Å². The van der Waals surface area contributed by atoms with Gasteiger partial charge in [0.15, 0.2) is 11.4 Å². The largest absolute Gasteiger partial charge is 0.508 e. The highest BCUT2D eigenvalue weighted by Crippen LogP contribution is 2.29. The molecule has 0 atom stereocenters. The molecule has 1 aliphatic rings. The maximum absolute atomic E-state index is 13.0. The Morgan fingerprint density at radius 1 is 1.19 bits per heavy atom. The maximum atomic E-state index is 13.0. The maximum Gasteiger partial charge on any atom is 0.163 e. The van der Waals surface area contributed by atoms with Crippen molar-refractivity contribution in [1.82, 2.24) is 15.2 Å². The lowest BCUT2D eigenvalue weighted by Gasteiger charge is -2.25. The van der Waals surface area contributed by atoms with Gasteiger partial charge in [-0.1, -0.05) is 0 Å². The molecule has 4 rings (SSSR count). The lowest BCUT2D eigenvalue weighted by atomic mass is 9.83. The first-order valence-electron chi connectivity index (χ1n) is 9.52. The van der Waals surface area contributed by atoms with Crippen molar-refractivity contribution in [2.75, 3.05) is 0 Å². The standard InChI is InChI=1S/C21H24N4O2/c22-15-6-1-13(2-7-15)3-10-20(27)17-11-19(14-4-8-16(26)9-5-14)24-21-18(17)12-23-25-21/h4-5,8-9,11-13,15,26H,1-3,6-7,10,22H2,(H,23,24,25). The van der Waals surface area contributed by atoms with Crippen LogP contribution in [0.2, 0.25) is 0 Å². The molecule has 1 aliphatic carbocycles. The van der Waals surface area contributed by atoms with Crippen LogP contribution < -0.4 is 5.73 Å². The van der Waals surface area contributed by atoms with E-state index in [4.69, 9.17) is 5.73 Å². The van der Waals surface area contributed by atoms with Gasteiger partial charge in [-0.3, -0.25) is 9.89 Å². The number of rotatable bonds is 5. The molecule has 0 spiro atoms. The summed E-state index contributed by atoms with van der Waals surface area (Å²) in [7, 11) is 0. The van der Waals surface area contributed by atoms with E-state index < -0.39 is 0 Å². The number of Topliss-reactive ketones (excluding diaryl/α,β-unsaturated/α-hetero) is 1. The number of ketones is 1. The number of fused-ring (bicyclic) bond motifs is 1. The summed E-state index contributed by atoms with van der Waals surface area (Å²) in [5, 5.41) is 17.2. The number of benzene rings is 1. The predicted octanol–water partition coefficient (Wildman–Crippen LogP) is 3.81. The van der Waals surface area contributed by atoms with Crippen LogP contribution in [-0.2, 0) is 0 Å². The van der Waals surface area contributed by atoms with Crippen molar-refractivity contribution in [3.63, 3.8) is 0 Å². The highest BCUT2D eigenvalue weighted by Gasteiger charge is 2.21. The molecule has 1 fully saturated rings. The van der Waals surface area contributed by atoms with E-state index in [2.05, 4.69) is 15.2 Å². The van der Waals surface area contributed by atoms with Gasteiger partial charge in [0.05, 0.1) is 11.9 Å². The van der Waals surface area contributed by atoms with E-state index in [1.54, 1.807) is 30.5 Å². The molecule has 2 heterocycles. The van der Waals surface area contributed by atoms with Crippen molar-refractivity contribution in [2.24, 2.45) is 11.7 Å². The second-order valence-corrected chi connectivity index (χ2v) is 7.48. The fourth-order valence-electron chi connectivity index (χ4n) is 3.89. The van der Waals surface area contributed by atoms with E-state index >= 15 is 0 Å². The molecule has 140 valence electrons. The Morgan fingerprint density at radius 3 is 2.67 bits per heavy atom. The fourth-order valence-corrected chi connectivity index (χ4v) is 3.89. The fraction of sp³-hybridized carbons (Fsp3) is 0.381. The molecule has 0 radical (unpaired) electrons. The molecule has 0 saturated heterocycles. The van der Waals surface area contributed by atoms with Gasteiger partial charge in [0.1, 0.15) is 5.75 Å². The van der Waals surface area contributed by atoms with Gasteiger partial charge in [-0.15, -0.1) is 0 Å². The van der Waals surface area contributed by atoms with Crippen LogP contribution in [0.15, 0.2) is 36.5 Å². The van der Waals surface area contributed by atoms with Gasteiger partial charge in [-0.2, -0.15) is 5.10 Å². The zero-order valence-electron chi connectivity index (χ0n) is 15.2. The lowest BCUT2D eigenvalue weighted by Crippen LogP contribution is -2.26. The Bertz CT molecular complexity index is 940. The Hall–Kier alpha value is -2.73. The zero-order chi connectivity index (χ0) is 18.8. The number of aromatic amines is 1. The first-order valence-corrected chi connectivity index (χ1v) is 9.52. The monoisotopic (exact) mass is 364 g/mol. The number of nitrogens with one attached hydrogen (secondary N) is 1. The molecule has 1 aromatic carbocycles. The number of aromatic hydroxyl groups is 1.